The Hall–Kier alpha value is -2.68. The van der Waals surface area contributed by atoms with E-state index in [4.69, 9.17) is 5.21 Å². The van der Waals surface area contributed by atoms with Crippen molar-refractivity contribution in [2.24, 2.45) is 5.16 Å². The molecule has 19 heavy (non-hydrogen) atoms. The number of hydrogen-bond acceptors (Lipinski definition) is 3. The molecular weight excluding hydrogens is 238 g/mol. The fraction of sp³-hybridized carbons (Fsp3) is 0. The van der Waals surface area contributed by atoms with Crippen molar-refractivity contribution in [2.75, 3.05) is 0 Å². The first-order valence-corrected chi connectivity index (χ1v) is 5.72. The van der Waals surface area contributed by atoms with Crippen LogP contribution in [0.3, 0.4) is 0 Å². The summed E-state index contributed by atoms with van der Waals surface area (Å²) in [4.78, 5) is 10.9. The molecule has 3 heteroatoms. The molecule has 1 N–H and O–H groups in total. The lowest BCUT2D eigenvalue weighted by Crippen LogP contribution is -1.98. The highest BCUT2D eigenvalue weighted by molar-refractivity contribution is 6.35. The highest BCUT2D eigenvalue weighted by Gasteiger charge is 1.98. The third-order valence-corrected chi connectivity index (χ3v) is 2.27. The fourth-order valence-electron chi connectivity index (χ4n) is 1.32. The second kappa shape index (κ2) is 8.42. The van der Waals surface area contributed by atoms with Gasteiger partial charge in [0.1, 0.15) is 6.21 Å². The largest absolute Gasteiger partial charge is 0.411 e. The Balaban J connectivity index is 0.000000200. The van der Waals surface area contributed by atoms with Crippen molar-refractivity contribution in [1.82, 2.24) is 0 Å². The van der Waals surface area contributed by atoms with Gasteiger partial charge >= 0.3 is 0 Å². The van der Waals surface area contributed by atoms with Gasteiger partial charge in [0, 0.05) is 5.56 Å². The fourth-order valence-corrected chi connectivity index (χ4v) is 1.32. The predicted octanol–water partition coefficient (Wildman–Crippen LogP) is 3.66. The molecule has 0 fully saturated rings. The van der Waals surface area contributed by atoms with Gasteiger partial charge in [0.05, 0.1) is 0 Å². The summed E-state index contributed by atoms with van der Waals surface area (Å²) in [6.45, 7) is 3.63. The van der Waals surface area contributed by atoms with E-state index in [-0.39, 0.29) is 5.78 Å². The first-order chi connectivity index (χ1) is 9.27. The number of hydrogen-bond donors (Lipinski definition) is 1. The van der Waals surface area contributed by atoms with E-state index in [0.717, 1.165) is 6.21 Å². The van der Waals surface area contributed by atoms with Crippen LogP contribution in [0.2, 0.25) is 0 Å². The van der Waals surface area contributed by atoms with Crippen LogP contribution in [-0.4, -0.2) is 17.2 Å². The van der Waals surface area contributed by atoms with Gasteiger partial charge < -0.3 is 5.21 Å². The topological polar surface area (TPSA) is 49.7 Å². The van der Waals surface area contributed by atoms with E-state index in [9.17, 15) is 4.79 Å². The lowest BCUT2D eigenvalue weighted by atomic mass is 10.1. The number of oxime groups is 1. The Morgan fingerprint density at radius 2 is 1.53 bits per heavy atom. The van der Waals surface area contributed by atoms with Crippen molar-refractivity contribution in [3.63, 3.8) is 0 Å². The van der Waals surface area contributed by atoms with Gasteiger partial charge in [-0.2, -0.15) is 0 Å². The lowest BCUT2D eigenvalue weighted by molar-refractivity contribution is 0.106. The van der Waals surface area contributed by atoms with E-state index in [1.165, 1.54) is 5.56 Å². The SMILES string of the molecule is C=Cc1ccccc1.O=C(C=NO)c1ccccc1. The molecule has 0 bridgehead atoms. The molecule has 0 radical (unpaired) electrons. The summed E-state index contributed by atoms with van der Waals surface area (Å²) in [6, 6.07) is 18.7. The van der Waals surface area contributed by atoms with Crippen molar-refractivity contribution < 1.29 is 10.0 Å². The predicted molar refractivity (Wildman–Crippen MR) is 77.6 cm³/mol. The van der Waals surface area contributed by atoms with Crippen LogP contribution in [0.1, 0.15) is 15.9 Å². The zero-order valence-electron chi connectivity index (χ0n) is 10.4. The van der Waals surface area contributed by atoms with E-state index in [1.54, 1.807) is 24.3 Å². The van der Waals surface area contributed by atoms with Crippen molar-refractivity contribution in [3.8, 4) is 0 Å². The second-order valence-electron chi connectivity index (χ2n) is 3.59. The molecule has 96 valence electrons. The molecule has 0 unspecified atom stereocenters. The Bertz CT molecular complexity index is 533. The van der Waals surface area contributed by atoms with Gasteiger partial charge in [0.15, 0.2) is 0 Å². The molecule has 0 saturated heterocycles. The van der Waals surface area contributed by atoms with E-state index < -0.39 is 0 Å². The Morgan fingerprint density at radius 3 is 1.95 bits per heavy atom. The minimum atomic E-state index is -0.298. The average molecular weight is 253 g/mol. The molecule has 0 aliphatic heterocycles. The number of carbonyl (C=O) groups is 1. The summed E-state index contributed by atoms with van der Waals surface area (Å²) >= 11 is 0. The van der Waals surface area contributed by atoms with Gasteiger partial charge in [0.25, 0.3) is 0 Å². The molecule has 3 nitrogen and oxygen atoms in total. The number of nitrogens with zero attached hydrogens (tertiary/aromatic N) is 1. The summed E-state index contributed by atoms with van der Waals surface area (Å²) in [5.41, 5.74) is 1.69. The number of benzene rings is 2. The van der Waals surface area contributed by atoms with Crippen LogP contribution >= 0.6 is 0 Å². The number of Topliss-reactive ketones (excluding diaryl/α,β-unsaturated/α-hetero) is 1. The first kappa shape index (κ1) is 14.4. The van der Waals surface area contributed by atoms with Crippen LogP contribution in [0.25, 0.3) is 6.08 Å². The van der Waals surface area contributed by atoms with Gasteiger partial charge in [-0.15, -0.1) is 0 Å². The second-order valence-corrected chi connectivity index (χ2v) is 3.59. The van der Waals surface area contributed by atoms with E-state index in [0.29, 0.717) is 5.56 Å². The molecular formula is C16H15NO2. The number of rotatable bonds is 3. The van der Waals surface area contributed by atoms with E-state index >= 15 is 0 Å². The van der Waals surface area contributed by atoms with Crippen LogP contribution in [0.15, 0.2) is 72.4 Å². The number of carbonyl (C=O) groups excluding carboxylic acids is 1. The zero-order valence-corrected chi connectivity index (χ0v) is 10.4. The van der Waals surface area contributed by atoms with Crippen LogP contribution in [-0.2, 0) is 0 Å². The standard InChI is InChI=1S/C8H7NO2.C8H8/c10-8(6-9-11)7-4-2-1-3-5-7;1-2-8-6-4-3-5-7-8/h1-6,11H;2-7H,1H2. The zero-order chi connectivity index (χ0) is 13.9. The maximum atomic E-state index is 10.9. The van der Waals surface area contributed by atoms with Crippen molar-refractivity contribution >= 4 is 18.1 Å². The third kappa shape index (κ3) is 5.46. The van der Waals surface area contributed by atoms with Gasteiger partial charge in [-0.25, -0.2) is 0 Å². The molecule has 2 rings (SSSR count). The molecule has 0 atom stereocenters. The normalized spacial score (nSPS) is 9.47. The summed E-state index contributed by atoms with van der Waals surface area (Å²) in [7, 11) is 0. The van der Waals surface area contributed by atoms with Crippen LogP contribution in [0.4, 0.5) is 0 Å². The van der Waals surface area contributed by atoms with Gasteiger partial charge in [-0.05, 0) is 5.56 Å². The third-order valence-electron chi connectivity index (χ3n) is 2.27. The summed E-state index contributed by atoms with van der Waals surface area (Å²) < 4.78 is 0. The molecule has 0 aliphatic rings. The molecule has 0 aromatic heterocycles. The summed E-state index contributed by atoms with van der Waals surface area (Å²) in [5.74, 6) is -0.298. The number of ketones is 1. The van der Waals surface area contributed by atoms with Gasteiger partial charge in [-0.1, -0.05) is 78.5 Å². The maximum Gasteiger partial charge on any atom is 0.207 e. The lowest BCUT2D eigenvalue weighted by Gasteiger charge is -1.90. The highest BCUT2D eigenvalue weighted by Crippen LogP contribution is 1.98. The Labute approximate surface area is 112 Å². The van der Waals surface area contributed by atoms with Crippen molar-refractivity contribution in [1.29, 1.82) is 0 Å². The van der Waals surface area contributed by atoms with E-state index in [1.807, 2.05) is 42.5 Å². The van der Waals surface area contributed by atoms with Crippen molar-refractivity contribution in [3.05, 3.63) is 78.4 Å². The first-order valence-electron chi connectivity index (χ1n) is 5.72. The molecule has 0 amide bonds. The molecule has 2 aromatic carbocycles. The molecule has 0 aliphatic carbocycles. The maximum absolute atomic E-state index is 10.9. The minimum absolute atomic E-state index is 0.298. The molecule has 0 saturated carbocycles. The quantitative estimate of drug-likeness (QED) is 0.393. The highest BCUT2D eigenvalue weighted by atomic mass is 16.4. The summed E-state index contributed by atoms with van der Waals surface area (Å²) in [6.07, 6.45) is 2.70. The van der Waals surface area contributed by atoms with Crippen LogP contribution < -0.4 is 0 Å². The molecule has 0 spiro atoms. The summed E-state index contributed by atoms with van der Waals surface area (Å²) in [5, 5.41) is 10.7. The minimum Gasteiger partial charge on any atom is -0.411 e. The molecule has 0 heterocycles. The Kier molecular flexibility index (Phi) is 6.37. The van der Waals surface area contributed by atoms with Gasteiger partial charge in [-0.3, -0.25) is 4.79 Å². The van der Waals surface area contributed by atoms with Gasteiger partial charge in [0.2, 0.25) is 5.78 Å². The molecule has 2 aromatic rings. The van der Waals surface area contributed by atoms with E-state index in [2.05, 4.69) is 11.7 Å². The Morgan fingerprint density at radius 1 is 1.00 bits per heavy atom. The smallest absolute Gasteiger partial charge is 0.207 e. The van der Waals surface area contributed by atoms with Crippen LogP contribution in [0, 0.1) is 0 Å². The monoisotopic (exact) mass is 253 g/mol. The van der Waals surface area contributed by atoms with Crippen LogP contribution in [0.5, 0.6) is 0 Å². The average Bonchev–Trinajstić information content (AvgIpc) is 2.50. The van der Waals surface area contributed by atoms with Crippen molar-refractivity contribution in [2.45, 2.75) is 0 Å².